The number of aliphatic hydroxyl groups is 1. The fourth-order valence-corrected chi connectivity index (χ4v) is 6.81. The van der Waals surface area contributed by atoms with Gasteiger partial charge in [-0.15, -0.1) is 11.3 Å². The number of likely N-dealkylation sites (N-methyl/N-ethyl adjacent to an activating group) is 1. The van der Waals surface area contributed by atoms with Gasteiger partial charge in [-0.3, -0.25) is 0 Å². The van der Waals surface area contributed by atoms with E-state index in [4.69, 9.17) is 10.2 Å². The van der Waals surface area contributed by atoms with Crippen molar-refractivity contribution >= 4 is 31.4 Å². The molecule has 0 saturated heterocycles. The molecule has 1 aliphatic heterocycles. The van der Waals surface area contributed by atoms with Crippen molar-refractivity contribution in [1.29, 1.82) is 0 Å². The molecule has 1 aromatic heterocycles. The van der Waals surface area contributed by atoms with Gasteiger partial charge in [-0.25, -0.2) is 22.0 Å². The highest BCUT2D eigenvalue weighted by atomic mass is 32.3. The van der Waals surface area contributed by atoms with Crippen LogP contribution in [0.4, 0.5) is 0 Å². The number of rotatable bonds is 7. The summed E-state index contributed by atoms with van der Waals surface area (Å²) in [5.74, 6) is 0. The molecule has 11 heteroatoms. The normalized spacial score (nSPS) is 21.3. The van der Waals surface area contributed by atoms with Crippen LogP contribution in [0, 0.1) is 0 Å². The summed E-state index contributed by atoms with van der Waals surface area (Å²) in [6.07, 6.45) is 1.05. The third-order valence-electron chi connectivity index (χ3n) is 3.58. The zero-order chi connectivity index (χ0) is 17.3. The molecule has 0 radical (unpaired) electrons. The maximum atomic E-state index is 12.7. The number of fused-ring (bicyclic) bond motifs is 1. The topological polar surface area (TPSA) is 130 Å². The van der Waals surface area contributed by atoms with Crippen LogP contribution in [0.25, 0.3) is 0 Å². The first kappa shape index (κ1) is 18.8. The van der Waals surface area contributed by atoms with E-state index in [-0.39, 0.29) is 34.2 Å². The van der Waals surface area contributed by atoms with Crippen LogP contribution in [-0.2, 0) is 20.0 Å². The number of thiophene rings is 1. The molecule has 1 unspecified atom stereocenters. The quantitative estimate of drug-likeness (QED) is 0.560. The Labute approximate surface area is 140 Å². The summed E-state index contributed by atoms with van der Waals surface area (Å²) in [5.41, 5.74) is 0.458. The summed E-state index contributed by atoms with van der Waals surface area (Å²) in [7, 11) is -7.69. The highest BCUT2D eigenvalue weighted by molar-refractivity contribution is 7.94. The number of hydrogen-bond acceptors (Lipinski definition) is 7. The number of nitrogens with zero attached hydrogens (tertiary/aromatic N) is 1. The van der Waals surface area contributed by atoms with Gasteiger partial charge in [0, 0.05) is 31.3 Å². The van der Waals surface area contributed by atoms with E-state index < -0.39 is 20.0 Å². The number of sulfonamides is 2. The van der Waals surface area contributed by atoms with Crippen molar-refractivity contribution in [1.82, 2.24) is 9.62 Å². The minimum Gasteiger partial charge on any atom is -0.396 e. The third kappa shape index (κ3) is 3.92. The molecule has 1 atom stereocenters. The molecule has 132 valence electrons. The first-order valence-electron chi connectivity index (χ1n) is 7.22. The Morgan fingerprint density at radius 3 is 2.74 bits per heavy atom. The average Bonchev–Trinajstić information content (AvgIpc) is 2.90. The van der Waals surface area contributed by atoms with Crippen molar-refractivity contribution in [2.24, 2.45) is 5.14 Å². The van der Waals surface area contributed by atoms with Crippen LogP contribution in [0.1, 0.15) is 31.4 Å². The Bertz CT molecular complexity index is 757. The van der Waals surface area contributed by atoms with Gasteiger partial charge in [0.25, 0.3) is 10.0 Å². The molecule has 0 amide bonds. The van der Waals surface area contributed by atoms with Gasteiger partial charge in [0.2, 0.25) is 10.0 Å². The van der Waals surface area contributed by atoms with Gasteiger partial charge in [-0.05, 0) is 25.5 Å². The van der Waals surface area contributed by atoms with E-state index in [1.807, 2.05) is 6.92 Å². The monoisotopic (exact) mass is 383 g/mol. The largest absolute Gasteiger partial charge is 0.396 e. The van der Waals surface area contributed by atoms with Crippen LogP contribution in [0.3, 0.4) is 0 Å². The first-order chi connectivity index (χ1) is 10.7. The van der Waals surface area contributed by atoms with Crippen LogP contribution >= 0.6 is 11.3 Å². The van der Waals surface area contributed by atoms with Gasteiger partial charge in [-0.1, -0.05) is 6.92 Å². The molecule has 1 aliphatic rings. The second-order valence-corrected chi connectivity index (χ2v) is 10.2. The minimum atomic E-state index is -3.95. The van der Waals surface area contributed by atoms with Crippen LogP contribution in [0.5, 0.6) is 0 Å². The van der Waals surface area contributed by atoms with Gasteiger partial charge >= 0.3 is 0 Å². The van der Waals surface area contributed by atoms with Crippen molar-refractivity contribution in [3.63, 3.8) is 0 Å². The van der Waals surface area contributed by atoms with Crippen molar-refractivity contribution in [2.45, 2.75) is 34.2 Å². The Morgan fingerprint density at radius 2 is 2.17 bits per heavy atom. The van der Waals surface area contributed by atoms with Gasteiger partial charge in [0.15, 0.2) is 0 Å². The van der Waals surface area contributed by atoms with Crippen molar-refractivity contribution in [3.8, 4) is 0 Å². The summed E-state index contributed by atoms with van der Waals surface area (Å²) in [6, 6.07) is 1.07. The van der Waals surface area contributed by atoms with Gasteiger partial charge in [0.05, 0.1) is 0 Å². The van der Waals surface area contributed by atoms with Crippen LogP contribution < -0.4 is 10.5 Å². The lowest BCUT2D eigenvalue weighted by Gasteiger charge is -2.32. The van der Waals surface area contributed by atoms with E-state index in [2.05, 4.69) is 5.32 Å². The molecule has 0 aliphatic carbocycles. The Kier molecular flexibility index (Phi) is 5.82. The number of unbranched alkanes of at least 4 members (excludes halogenated alkanes) is 1. The minimum absolute atomic E-state index is 0.00431. The average molecular weight is 384 g/mol. The zero-order valence-corrected chi connectivity index (χ0v) is 15.2. The second kappa shape index (κ2) is 7.13. The molecular weight excluding hydrogens is 362 g/mol. The smallest absolute Gasteiger partial charge is 0.252 e. The molecule has 0 fully saturated rings. The molecular formula is C12H21N3O5S3. The van der Waals surface area contributed by atoms with E-state index in [0.29, 0.717) is 36.3 Å². The Hall–Kier alpha value is -0.560. The highest BCUT2D eigenvalue weighted by Gasteiger charge is 2.39. The standard InChI is InChI=1S/C12H21N3O5S3/c1-2-14-10-8-15(5-3-4-6-16)23(19,20)12-9(10)7-11(21-12)22(13,17)18/h7,10,14,16H,2-6,8H2,1H3,(H2,13,17,18). The summed E-state index contributed by atoms with van der Waals surface area (Å²) >= 11 is 0.690. The van der Waals surface area contributed by atoms with Crippen LogP contribution in [0.15, 0.2) is 14.5 Å². The number of nitrogens with two attached hydrogens (primary N) is 1. The molecule has 0 aromatic carbocycles. The fourth-order valence-electron chi connectivity index (χ4n) is 2.50. The van der Waals surface area contributed by atoms with E-state index in [0.717, 1.165) is 0 Å². The molecule has 4 N–H and O–H groups in total. The van der Waals surface area contributed by atoms with Crippen molar-refractivity contribution in [3.05, 3.63) is 11.6 Å². The Balaban J connectivity index is 2.44. The zero-order valence-electron chi connectivity index (χ0n) is 12.7. The molecule has 23 heavy (non-hydrogen) atoms. The highest BCUT2D eigenvalue weighted by Crippen LogP contribution is 2.39. The summed E-state index contributed by atoms with van der Waals surface area (Å²) in [5, 5.41) is 17.2. The first-order valence-corrected chi connectivity index (χ1v) is 11.0. The predicted octanol–water partition coefficient (Wildman–Crippen LogP) is -0.177. The molecule has 1 aromatic rings. The molecule has 0 saturated carbocycles. The number of hydrogen-bond donors (Lipinski definition) is 3. The maximum Gasteiger partial charge on any atom is 0.252 e. The molecule has 0 spiro atoms. The lowest BCUT2D eigenvalue weighted by molar-refractivity contribution is 0.271. The lowest BCUT2D eigenvalue weighted by Crippen LogP contribution is -2.43. The molecule has 0 bridgehead atoms. The third-order valence-corrected chi connectivity index (χ3v) is 8.55. The molecule has 2 rings (SSSR count). The van der Waals surface area contributed by atoms with Crippen molar-refractivity contribution in [2.75, 3.05) is 26.2 Å². The van der Waals surface area contributed by atoms with Gasteiger partial charge in [-0.2, -0.15) is 4.31 Å². The number of primary sulfonamides is 1. The van der Waals surface area contributed by atoms with E-state index in [9.17, 15) is 16.8 Å². The maximum absolute atomic E-state index is 12.7. The lowest BCUT2D eigenvalue weighted by atomic mass is 10.1. The van der Waals surface area contributed by atoms with E-state index in [1.165, 1.54) is 10.4 Å². The second-order valence-electron chi connectivity index (χ2n) is 5.26. The summed E-state index contributed by atoms with van der Waals surface area (Å²) < 4.78 is 49.7. The molecule has 8 nitrogen and oxygen atoms in total. The summed E-state index contributed by atoms with van der Waals surface area (Å²) in [6.45, 7) is 3.04. The fraction of sp³-hybridized carbons (Fsp3) is 0.667. The van der Waals surface area contributed by atoms with E-state index in [1.54, 1.807) is 0 Å². The van der Waals surface area contributed by atoms with Gasteiger partial charge < -0.3 is 10.4 Å². The van der Waals surface area contributed by atoms with E-state index >= 15 is 0 Å². The van der Waals surface area contributed by atoms with Crippen molar-refractivity contribution < 1.29 is 21.9 Å². The molecule has 2 heterocycles. The van der Waals surface area contributed by atoms with Gasteiger partial charge in [0.1, 0.15) is 8.42 Å². The number of aliphatic hydroxyl groups excluding tert-OH is 1. The Morgan fingerprint density at radius 1 is 1.48 bits per heavy atom. The number of nitrogens with one attached hydrogen (secondary N) is 1. The SMILES string of the molecule is CCNC1CN(CCCCO)S(=O)(=O)c2sc(S(N)(=O)=O)cc21. The van der Waals surface area contributed by atoms with Crippen LogP contribution in [-0.4, -0.2) is 52.5 Å². The predicted molar refractivity (Wildman–Crippen MR) is 87.2 cm³/mol. The summed E-state index contributed by atoms with van der Waals surface area (Å²) in [4.78, 5) is 0. The van der Waals surface area contributed by atoms with Crippen LogP contribution in [0.2, 0.25) is 0 Å².